The Morgan fingerprint density at radius 3 is 2.62 bits per heavy atom. The average molecular weight is 210 g/mol. The van der Waals surface area contributed by atoms with Gasteiger partial charge in [-0.3, -0.25) is 4.55 Å². The molecular formula is C7H14O5S. The third-order valence-electron chi connectivity index (χ3n) is 1.24. The maximum absolute atomic E-state index is 10.2. The summed E-state index contributed by atoms with van der Waals surface area (Å²) in [5.41, 5.74) is 0. The largest absolute Gasteiger partial charge is 0.368 e. The first-order valence-electron chi connectivity index (χ1n) is 3.81. The second-order valence-electron chi connectivity index (χ2n) is 2.43. The molecule has 2 N–H and O–H groups in total. The smallest absolute Gasteiger partial charge is 0.265 e. The molecule has 0 spiro atoms. The van der Waals surface area contributed by atoms with Gasteiger partial charge in [-0.2, -0.15) is 8.42 Å². The second kappa shape index (κ2) is 6.09. The highest BCUT2D eigenvalue weighted by atomic mass is 32.2. The van der Waals surface area contributed by atoms with Crippen LogP contribution in [-0.4, -0.2) is 36.7 Å². The SMILES string of the molecule is CC=CCOC(O)CCS(=O)(=O)O. The number of hydrogen-bond donors (Lipinski definition) is 2. The molecule has 5 nitrogen and oxygen atoms in total. The molecule has 0 aliphatic carbocycles. The fraction of sp³-hybridized carbons (Fsp3) is 0.714. The van der Waals surface area contributed by atoms with Crippen LogP contribution < -0.4 is 0 Å². The van der Waals surface area contributed by atoms with E-state index in [0.29, 0.717) is 0 Å². The van der Waals surface area contributed by atoms with Gasteiger partial charge in [0.05, 0.1) is 12.4 Å². The van der Waals surface area contributed by atoms with Gasteiger partial charge in [-0.1, -0.05) is 12.2 Å². The lowest BCUT2D eigenvalue weighted by atomic mass is 10.5. The molecule has 13 heavy (non-hydrogen) atoms. The number of aliphatic hydroxyl groups is 1. The van der Waals surface area contributed by atoms with Crippen molar-refractivity contribution in [3.8, 4) is 0 Å². The monoisotopic (exact) mass is 210 g/mol. The lowest BCUT2D eigenvalue weighted by Crippen LogP contribution is -2.17. The molecule has 0 radical (unpaired) electrons. The van der Waals surface area contributed by atoms with E-state index in [1.54, 1.807) is 19.1 Å². The van der Waals surface area contributed by atoms with Crippen molar-refractivity contribution in [1.82, 2.24) is 0 Å². The molecule has 0 aromatic heterocycles. The lowest BCUT2D eigenvalue weighted by Gasteiger charge is -2.08. The van der Waals surface area contributed by atoms with Crippen molar-refractivity contribution in [2.75, 3.05) is 12.4 Å². The first-order chi connectivity index (χ1) is 5.95. The Labute approximate surface area is 77.8 Å². The molecule has 0 bridgehead atoms. The number of hydrogen-bond acceptors (Lipinski definition) is 4. The summed E-state index contributed by atoms with van der Waals surface area (Å²) in [6, 6.07) is 0. The molecule has 0 aromatic rings. The van der Waals surface area contributed by atoms with Gasteiger partial charge in [-0.15, -0.1) is 0 Å². The van der Waals surface area contributed by atoms with Crippen molar-refractivity contribution in [2.45, 2.75) is 19.6 Å². The average Bonchev–Trinajstić information content (AvgIpc) is 2.00. The molecule has 0 saturated heterocycles. The van der Waals surface area contributed by atoms with Gasteiger partial charge in [-0.25, -0.2) is 0 Å². The van der Waals surface area contributed by atoms with Crippen LogP contribution in [0.4, 0.5) is 0 Å². The highest BCUT2D eigenvalue weighted by Crippen LogP contribution is 1.97. The molecule has 1 unspecified atom stereocenters. The van der Waals surface area contributed by atoms with E-state index in [-0.39, 0.29) is 13.0 Å². The number of aliphatic hydroxyl groups excluding tert-OH is 1. The van der Waals surface area contributed by atoms with Crippen LogP contribution in [0.1, 0.15) is 13.3 Å². The summed E-state index contributed by atoms with van der Waals surface area (Å²) < 4.78 is 33.6. The van der Waals surface area contributed by atoms with Crippen molar-refractivity contribution in [3.05, 3.63) is 12.2 Å². The van der Waals surface area contributed by atoms with Crippen molar-refractivity contribution >= 4 is 10.1 Å². The summed E-state index contributed by atoms with van der Waals surface area (Å²) in [5, 5.41) is 9.01. The first kappa shape index (κ1) is 12.6. The van der Waals surface area contributed by atoms with E-state index < -0.39 is 22.2 Å². The summed E-state index contributed by atoms with van der Waals surface area (Å²) in [6.45, 7) is 2.02. The summed E-state index contributed by atoms with van der Waals surface area (Å²) >= 11 is 0. The Hall–Kier alpha value is -0.430. The van der Waals surface area contributed by atoms with E-state index in [4.69, 9.17) is 14.4 Å². The Morgan fingerprint density at radius 2 is 2.15 bits per heavy atom. The molecule has 1 atom stereocenters. The maximum atomic E-state index is 10.2. The minimum absolute atomic E-state index is 0.129. The Bertz CT molecular complexity index is 244. The quantitative estimate of drug-likeness (QED) is 0.371. The zero-order valence-electron chi connectivity index (χ0n) is 7.38. The highest BCUT2D eigenvalue weighted by molar-refractivity contribution is 7.85. The lowest BCUT2D eigenvalue weighted by molar-refractivity contribution is -0.0893. The number of allylic oxidation sites excluding steroid dienone is 1. The molecule has 0 aromatic carbocycles. The van der Waals surface area contributed by atoms with Gasteiger partial charge in [0.15, 0.2) is 6.29 Å². The fourth-order valence-corrected chi connectivity index (χ4v) is 1.10. The summed E-state index contributed by atoms with van der Waals surface area (Å²) in [6.07, 6.45) is 2.14. The molecule has 0 rings (SSSR count). The normalized spacial score (nSPS) is 15.0. The highest BCUT2D eigenvalue weighted by Gasteiger charge is 2.09. The Balaban J connectivity index is 3.57. The van der Waals surface area contributed by atoms with E-state index in [0.717, 1.165) is 0 Å². The number of ether oxygens (including phenoxy) is 1. The minimum atomic E-state index is -4.01. The van der Waals surface area contributed by atoms with Crippen molar-refractivity contribution in [2.24, 2.45) is 0 Å². The standard InChI is InChI=1S/C7H14O5S/c1-2-3-5-12-7(8)4-6-13(9,10)11/h2-3,7-8H,4-6H2,1H3,(H,9,10,11). The van der Waals surface area contributed by atoms with Gasteiger partial charge < -0.3 is 9.84 Å². The van der Waals surface area contributed by atoms with Gasteiger partial charge in [0.1, 0.15) is 0 Å². The predicted octanol–water partition coefficient (Wildman–Crippen LogP) is 0.175. The van der Waals surface area contributed by atoms with Gasteiger partial charge >= 0.3 is 0 Å². The van der Waals surface area contributed by atoms with Crippen LogP contribution in [0.2, 0.25) is 0 Å². The van der Waals surface area contributed by atoms with Crippen LogP contribution in [0, 0.1) is 0 Å². The van der Waals surface area contributed by atoms with Crippen molar-refractivity contribution in [3.63, 3.8) is 0 Å². The van der Waals surface area contributed by atoms with E-state index >= 15 is 0 Å². The van der Waals surface area contributed by atoms with E-state index in [9.17, 15) is 8.42 Å². The topological polar surface area (TPSA) is 83.8 Å². The minimum Gasteiger partial charge on any atom is -0.368 e. The molecule has 0 aliphatic heterocycles. The molecule has 0 saturated carbocycles. The summed E-state index contributed by atoms with van der Waals surface area (Å²) in [4.78, 5) is 0. The summed E-state index contributed by atoms with van der Waals surface area (Å²) in [5.74, 6) is -0.496. The molecule has 0 aliphatic rings. The molecule has 6 heteroatoms. The van der Waals surface area contributed by atoms with Crippen LogP contribution in [0.15, 0.2) is 12.2 Å². The Morgan fingerprint density at radius 1 is 1.54 bits per heavy atom. The second-order valence-corrected chi connectivity index (χ2v) is 4.00. The van der Waals surface area contributed by atoms with Gasteiger partial charge in [0.2, 0.25) is 0 Å². The number of rotatable bonds is 6. The van der Waals surface area contributed by atoms with Crippen LogP contribution in [0.5, 0.6) is 0 Å². The van der Waals surface area contributed by atoms with Gasteiger partial charge in [0, 0.05) is 6.42 Å². The molecule has 0 heterocycles. The molecule has 78 valence electrons. The fourth-order valence-electron chi connectivity index (χ4n) is 0.596. The van der Waals surface area contributed by atoms with Gasteiger partial charge in [0.25, 0.3) is 10.1 Å². The Kier molecular flexibility index (Phi) is 5.89. The molecular weight excluding hydrogens is 196 g/mol. The zero-order chi connectivity index (χ0) is 10.3. The van der Waals surface area contributed by atoms with Crippen LogP contribution >= 0.6 is 0 Å². The van der Waals surface area contributed by atoms with Crippen LogP contribution in [0.3, 0.4) is 0 Å². The van der Waals surface area contributed by atoms with E-state index in [1.807, 2.05) is 0 Å². The molecule has 0 fully saturated rings. The van der Waals surface area contributed by atoms with E-state index in [1.165, 1.54) is 0 Å². The van der Waals surface area contributed by atoms with Crippen LogP contribution in [-0.2, 0) is 14.9 Å². The molecule has 0 amide bonds. The predicted molar refractivity (Wildman–Crippen MR) is 47.8 cm³/mol. The van der Waals surface area contributed by atoms with E-state index in [2.05, 4.69) is 0 Å². The van der Waals surface area contributed by atoms with Crippen molar-refractivity contribution in [1.29, 1.82) is 0 Å². The van der Waals surface area contributed by atoms with Crippen LogP contribution in [0.25, 0.3) is 0 Å². The third-order valence-corrected chi connectivity index (χ3v) is 1.99. The van der Waals surface area contributed by atoms with Crippen molar-refractivity contribution < 1.29 is 22.8 Å². The van der Waals surface area contributed by atoms with Gasteiger partial charge in [-0.05, 0) is 6.92 Å². The summed E-state index contributed by atoms with van der Waals surface area (Å²) in [7, 11) is -4.01. The maximum Gasteiger partial charge on any atom is 0.265 e. The third kappa shape index (κ3) is 9.48. The first-order valence-corrected chi connectivity index (χ1v) is 5.42. The zero-order valence-corrected chi connectivity index (χ0v) is 8.20.